The van der Waals surface area contributed by atoms with Crippen LogP contribution in [0.1, 0.15) is 20.7 Å². The van der Waals surface area contributed by atoms with Crippen LogP contribution in [0.2, 0.25) is 0 Å². The molecule has 0 fully saturated rings. The maximum atomic E-state index is 12.6. The minimum atomic E-state index is -0.628. The van der Waals surface area contributed by atoms with Gasteiger partial charge in [0.15, 0.2) is 11.6 Å². The maximum absolute atomic E-state index is 12.6. The van der Waals surface area contributed by atoms with Crippen molar-refractivity contribution >= 4 is 34.5 Å². The predicted octanol–water partition coefficient (Wildman–Crippen LogP) is 5.05. The summed E-state index contributed by atoms with van der Waals surface area (Å²) in [4.78, 5) is 37.3. The summed E-state index contributed by atoms with van der Waals surface area (Å²) in [6.45, 7) is 0. The number of nitrogens with zero attached hydrogens (tertiary/aromatic N) is 2. The van der Waals surface area contributed by atoms with Gasteiger partial charge in [-0.2, -0.15) is 10.2 Å². The van der Waals surface area contributed by atoms with E-state index >= 15 is 0 Å². The van der Waals surface area contributed by atoms with Crippen molar-refractivity contribution in [1.82, 2.24) is 0 Å². The molecule has 0 radical (unpaired) electrons. The number of carbonyl (C=O) groups is 3. The molecule has 3 aromatic rings. The molecular formula is C23H15N3O3. The van der Waals surface area contributed by atoms with Gasteiger partial charge < -0.3 is 5.32 Å². The minimum absolute atomic E-state index is 0.179. The lowest BCUT2D eigenvalue weighted by Gasteiger charge is -2.14. The highest BCUT2D eigenvalue weighted by Gasteiger charge is 2.29. The van der Waals surface area contributed by atoms with Crippen LogP contribution >= 0.6 is 0 Å². The zero-order valence-electron chi connectivity index (χ0n) is 15.2. The molecule has 4 rings (SSSR count). The molecule has 1 N–H and O–H groups in total. The van der Waals surface area contributed by atoms with Gasteiger partial charge in [0.1, 0.15) is 0 Å². The minimum Gasteiger partial charge on any atom is -0.322 e. The Bertz CT molecular complexity index is 1160. The van der Waals surface area contributed by atoms with E-state index < -0.39 is 11.7 Å². The van der Waals surface area contributed by atoms with Gasteiger partial charge in [-0.05, 0) is 36.4 Å². The number of Topliss-reactive ketones (excluding diaryl/α,β-unsaturated/α-hetero) is 1. The fraction of sp³-hybridized carbons (Fsp3) is 0. The monoisotopic (exact) mass is 381 g/mol. The molecule has 0 bridgehead atoms. The molecule has 0 heterocycles. The highest BCUT2D eigenvalue weighted by molar-refractivity contribution is 6.36. The Morgan fingerprint density at radius 1 is 0.690 bits per heavy atom. The summed E-state index contributed by atoms with van der Waals surface area (Å²) in [5.41, 5.74) is 2.20. The fourth-order valence-corrected chi connectivity index (χ4v) is 2.90. The Labute approximate surface area is 166 Å². The zero-order valence-corrected chi connectivity index (χ0v) is 15.2. The topological polar surface area (TPSA) is 88.0 Å². The Morgan fingerprint density at radius 3 is 1.97 bits per heavy atom. The summed E-state index contributed by atoms with van der Waals surface area (Å²) in [6.07, 6.45) is 1.09. The van der Waals surface area contributed by atoms with Gasteiger partial charge >= 0.3 is 0 Å². The first-order valence-electron chi connectivity index (χ1n) is 8.90. The SMILES string of the molecule is O=C(Nc1ccc(N=Nc2ccccc2)cc1)C1=CC(=O)c2ccccc2C1=O. The second kappa shape index (κ2) is 7.82. The van der Waals surface area contributed by atoms with E-state index in [-0.39, 0.29) is 16.9 Å². The standard InChI is InChI=1S/C23H15N3O3/c27-21-14-20(22(28)19-9-5-4-8-18(19)21)23(29)24-15-10-12-17(13-11-15)26-25-16-6-2-1-3-7-16/h1-14H,(H,24,29). The van der Waals surface area contributed by atoms with Crippen LogP contribution in [0, 0.1) is 0 Å². The van der Waals surface area contributed by atoms with Gasteiger partial charge in [-0.25, -0.2) is 0 Å². The number of fused-ring (bicyclic) bond motifs is 1. The van der Waals surface area contributed by atoms with E-state index in [0.29, 0.717) is 16.9 Å². The van der Waals surface area contributed by atoms with Crippen molar-refractivity contribution in [2.75, 3.05) is 5.32 Å². The van der Waals surface area contributed by atoms with E-state index in [0.717, 1.165) is 11.8 Å². The second-order valence-corrected chi connectivity index (χ2v) is 6.33. The number of ketones is 2. The number of hydrogen-bond donors (Lipinski definition) is 1. The van der Waals surface area contributed by atoms with Gasteiger partial charge in [0.2, 0.25) is 0 Å². The van der Waals surface area contributed by atoms with E-state index in [1.54, 1.807) is 48.5 Å². The lowest BCUT2D eigenvalue weighted by Crippen LogP contribution is -2.26. The van der Waals surface area contributed by atoms with Gasteiger partial charge in [0.25, 0.3) is 5.91 Å². The molecule has 6 nitrogen and oxygen atoms in total. The van der Waals surface area contributed by atoms with Crippen LogP contribution in [0.25, 0.3) is 0 Å². The van der Waals surface area contributed by atoms with E-state index in [1.165, 1.54) is 0 Å². The molecule has 0 saturated heterocycles. The molecule has 0 aromatic heterocycles. The first-order valence-corrected chi connectivity index (χ1v) is 8.90. The first kappa shape index (κ1) is 18.2. The summed E-state index contributed by atoms with van der Waals surface area (Å²) in [5, 5.41) is 10.9. The van der Waals surface area contributed by atoms with E-state index in [9.17, 15) is 14.4 Å². The molecule has 1 aliphatic carbocycles. The first-order chi connectivity index (χ1) is 14.1. The van der Waals surface area contributed by atoms with Crippen LogP contribution in [-0.4, -0.2) is 17.5 Å². The van der Waals surface area contributed by atoms with E-state index in [4.69, 9.17) is 0 Å². The zero-order chi connectivity index (χ0) is 20.2. The largest absolute Gasteiger partial charge is 0.322 e. The number of anilines is 1. The van der Waals surface area contributed by atoms with Crippen molar-refractivity contribution in [3.8, 4) is 0 Å². The summed E-state index contributed by atoms with van der Waals surface area (Å²) in [5.74, 6) is -1.45. The summed E-state index contributed by atoms with van der Waals surface area (Å²) in [7, 11) is 0. The number of hydrogen-bond acceptors (Lipinski definition) is 5. The van der Waals surface area contributed by atoms with Crippen LogP contribution < -0.4 is 5.32 Å². The molecule has 0 saturated carbocycles. The van der Waals surface area contributed by atoms with Crippen LogP contribution in [0.15, 0.2) is 101 Å². The number of carbonyl (C=O) groups excluding carboxylic acids is 3. The van der Waals surface area contributed by atoms with Crippen molar-refractivity contribution < 1.29 is 14.4 Å². The van der Waals surface area contributed by atoms with Crippen LogP contribution in [0.5, 0.6) is 0 Å². The number of benzene rings is 3. The highest BCUT2D eigenvalue weighted by atomic mass is 16.2. The number of azo groups is 1. The number of allylic oxidation sites excluding steroid dienone is 1. The third-order valence-corrected chi connectivity index (χ3v) is 4.36. The molecule has 1 amide bonds. The molecule has 6 heteroatoms. The lowest BCUT2D eigenvalue weighted by atomic mass is 9.89. The molecule has 0 aliphatic heterocycles. The van der Waals surface area contributed by atoms with Crippen molar-refractivity contribution in [3.63, 3.8) is 0 Å². The molecule has 0 atom stereocenters. The third-order valence-electron chi connectivity index (χ3n) is 4.36. The lowest BCUT2D eigenvalue weighted by molar-refractivity contribution is -0.112. The summed E-state index contributed by atoms with van der Waals surface area (Å²) < 4.78 is 0. The van der Waals surface area contributed by atoms with Crippen molar-refractivity contribution in [2.24, 2.45) is 10.2 Å². The van der Waals surface area contributed by atoms with Crippen LogP contribution in [-0.2, 0) is 4.79 Å². The molecule has 3 aromatic carbocycles. The number of nitrogens with one attached hydrogen (secondary N) is 1. The molecule has 0 unspecified atom stereocenters. The van der Waals surface area contributed by atoms with E-state index in [2.05, 4.69) is 15.5 Å². The smallest absolute Gasteiger partial charge is 0.259 e. The average Bonchev–Trinajstić information content (AvgIpc) is 2.76. The Kier molecular flexibility index (Phi) is 4.90. The fourth-order valence-electron chi connectivity index (χ4n) is 2.90. The van der Waals surface area contributed by atoms with Crippen LogP contribution in [0.4, 0.5) is 17.1 Å². The van der Waals surface area contributed by atoms with Gasteiger partial charge in [-0.15, -0.1) is 0 Å². The number of rotatable bonds is 4. The second-order valence-electron chi connectivity index (χ2n) is 6.33. The average molecular weight is 381 g/mol. The molecule has 140 valence electrons. The van der Waals surface area contributed by atoms with Crippen molar-refractivity contribution in [3.05, 3.63) is 102 Å². The number of amides is 1. The maximum Gasteiger partial charge on any atom is 0.259 e. The molecule has 0 spiro atoms. The summed E-state index contributed by atoms with van der Waals surface area (Å²) >= 11 is 0. The van der Waals surface area contributed by atoms with Crippen molar-refractivity contribution in [1.29, 1.82) is 0 Å². The Hall–Kier alpha value is -4.19. The molecular weight excluding hydrogens is 366 g/mol. The molecule has 1 aliphatic rings. The van der Waals surface area contributed by atoms with Crippen molar-refractivity contribution in [2.45, 2.75) is 0 Å². The quantitative estimate of drug-likeness (QED) is 0.507. The Balaban J connectivity index is 1.47. The normalized spacial score (nSPS) is 13.2. The summed E-state index contributed by atoms with van der Waals surface area (Å²) in [6, 6.07) is 22.5. The van der Waals surface area contributed by atoms with Gasteiger partial charge in [0.05, 0.1) is 16.9 Å². The van der Waals surface area contributed by atoms with Crippen LogP contribution in [0.3, 0.4) is 0 Å². The molecule has 29 heavy (non-hydrogen) atoms. The highest BCUT2D eigenvalue weighted by Crippen LogP contribution is 2.23. The Morgan fingerprint density at radius 2 is 1.28 bits per heavy atom. The van der Waals surface area contributed by atoms with Gasteiger partial charge in [-0.3, -0.25) is 14.4 Å². The van der Waals surface area contributed by atoms with Gasteiger partial charge in [-0.1, -0.05) is 42.5 Å². The predicted molar refractivity (Wildman–Crippen MR) is 109 cm³/mol. The third kappa shape index (κ3) is 3.91. The van der Waals surface area contributed by atoms with E-state index in [1.807, 2.05) is 30.3 Å². The van der Waals surface area contributed by atoms with Gasteiger partial charge in [0, 0.05) is 22.9 Å².